The monoisotopic (exact) mass is 135 g/mol. The Morgan fingerprint density at radius 2 is 2.20 bits per heavy atom. The predicted molar refractivity (Wildman–Crippen MR) is 44.4 cm³/mol. The standard InChI is InChI=1S/C9H13N/c1-9(2)8-10-6-4-3-5-7-10/h3-6,8H,7H2,1-2H3. The van der Waals surface area contributed by atoms with E-state index in [0.717, 1.165) is 6.54 Å². The summed E-state index contributed by atoms with van der Waals surface area (Å²) in [7, 11) is 0. The van der Waals surface area contributed by atoms with Crippen molar-refractivity contribution in [2.45, 2.75) is 13.8 Å². The van der Waals surface area contributed by atoms with Crippen LogP contribution in [0.4, 0.5) is 0 Å². The summed E-state index contributed by atoms with van der Waals surface area (Å²) in [4.78, 5) is 2.16. The molecule has 1 rings (SSSR count). The maximum atomic E-state index is 2.16. The smallest absolute Gasteiger partial charge is 0.0403 e. The Bertz CT molecular complexity index is 183. The van der Waals surface area contributed by atoms with Gasteiger partial charge >= 0.3 is 0 Å². The first-order valence-corrected chi connectivity index (χ1v) is 3.53. The van der Waals surface area contributed by atoms with Crippen molar-refractivity contribution in [3.63, 3.8) is 0 Å². The van der Waals surface area contributed by atoms with Gasteiger partial charge in [0, 0.05) is 18.9 Å². The highest BCUT2D eigenvalue weighted by Crippen LogP contribution is 2.01. The SMILES string of the molecule is CC(C)=CN1C=CC=CC1. The van der Waals surface area contributed by atoms with Crippen molar-refractivity contribution < 1.29 is 0 Å². The van der Waals surface area contributed by atoms with Gasteiger partial charge in [0.15, 0.2) is 0 Å². The van der Waals surface area contributed by atoms with Crippen molar-refractivity contribution in [1.29, 1.82) is 0 Å². The number of allylic oxidation sites excluding steroid dienone is 3. The van der Waals surface area contributed by atoms with E-state index in [4.69, 9.17) is 0 Å². The van der Waals surface area contributed by atoms with Gasteiger partial charge in [0.25, 0.3) is 0 Å². The molecule has 0 saturated carbocycles. The average molecular weight is 135 g/mol. The van der Waals surface area contributed by atoms with E-state index in [1.165, 1.54) is 5.57 Å². The second-order valence-corrected chi connectivity index (χ2v) is 2.67. The van der Waals surface area contributed by atoms with Gasteiger partial charge in [0.1, 0.15) is 0 Å². The van der Waals surface area contributed by atoms with Gasteiger partial charge in [-0.3, -0.25) is 0 Å². The van der Waals surface area contributed by atoms with Crippen molar-refractivity contribution in [2.24, 2.45) is 0 Å². The molecule has 0 atom stereocenters. The van der Waals surface area contributed by atoms with Crippen molar-refractivity contribution in [1.82, 2.24) is 4.90 Å². The molecule has 0 unspecified atom stereocenters. The van der Waals surface area contributed by atoms with E-state index >= 15 is 0 Å². The largest absolute Gasteiger partial charge is 0.351 e. The highest BCUT2D eigenvalue weighted by molar-refractivity contribution is 5.12. The van der Waals surface area contributed by atoms with Gasteiger partial charge in [-0.15, -0.1) is 0 Å². The van der Waals surface area contributed by atoms with Crippen LogP contribution in [0, 0.1) is 0 Å². The molecule has 10 heavy (non-hydrogen) atoms. The average Bonchev–Trinajstić information content (AvgIpc) is 1.88. The molecular weight excluding hydrogens is 122 g/mol. The van der Waals surface area contributed by atoms with Gasteiger partial charge in [0.05, 0.1) is 0 Å². The second kappa shape index (κ2) is 3.25. The summed E-state index contributed by atoms with van der Waals surface area (Å²) in [5, 5.41) is 0. The summed E-state index contributed by atoms with van der Waals surface area (Å²) < 4.78 is 0. The molecule has 1 aliphatic heterocycles. The minimum absolute atomic E-state index is 1.00. The summed E-state index contributed by atoms with van der Waals surface area (Å²) in [6.45, 7) is 5.21. The lowest BCUT2D eigenvalue weighted by molar-refractivity contribution is 0.555. The minimum atomic E-state index is 1.00. The highest BCUT2D eigenvalue weighted by atomic mass is 15.1. The maximum Gasteiger partial charge on any atom is 0.0403 e. The minimum Gasteiger partial charge on any atom is -0.351 e. The van der Waals surface area contributed by atoms with E-state index < -0.39 is 0 Å². The van der Waals surface area contributed by atoms with Crippen molar-refractivity contribution >= 4 is 0 Å². The van der Waals surface area contributed by atoms with Crippen LogP contribution < -0.4 is 0 Å². The third kappa shape index (κ3) is 2.09. The van der Waals surface area contributed by atoms with Crippen LogP contribution >= 0.6 is 0 Å². The molecule has 0 radical (unpaired) electrons. The Morgan fingerprint density at radius 1 is 1.40 bits per heavy atom. The molecule has 54 valence electrons. The number of nitrogens with zero attached hydrogens (tertiary/aromatic N) is 1. The zero-order valence-electron chi connectivity index (χ0n) is 6.54. The lowest BCUT2D eigenvalue weighted by Gasteiger charge is -2.15. The van der Waals surface area contributed by atoms with Crippen LogP contribution in [0.5, 0.6) is 0 Å². The van der Waals surface area contributed by atoms with E-state index in [9.17, 15) is 0 Å². The lowest BCUT2D eigenvalue weighted by atomic mass is 10.3. The first kappa shape index (κ1) is 7.13. The first-order valence-electron chi connectivity index (χ1n) is 3.53. The van der Waals surface area contributed by atoms with Crippen LogP contribution in [0.3, 0.4) is 0 Å². The Balaban J connectivity index is 2.52. The highest BCUT2D eigenvalue weighted by Gasteiger charge is 1.92. The Kier molecular flexibility index (Phi) is 2.32. The molecular formula is C9H13N. The van der Waals surface area contributed by atoms with Crippen molar-refractivity contribution in [3.05, 3.63) is 36.2 Å². The molecule has 1 heterocycles. The summed E-state index contributed by atoms with van der Waals surface area (Å²) in [5.41, 5.74) is 1.33. The maximum absolute atomic E-state index is 2.16. The van der Waals surface area contributed by atoms with Crippen LogP contribution in [-0.4, -0.2) is 11.4 Å². The fourth-order valence-corrected chi connectivity index (χ4v) is 0.910. The Labute approximate surface area is 62.3 Å². The Hall–Kier alpha value is -0.980. The topological polar surface area (TPSA) is 3.24 Å². The third-order valence-corrected chi connectivity index (χ3v) is 1.26. The summed E-state index contributed by atoms with van der Waals surface area (Å²) in [6.07, 6.45) is 10.5. The molecule has 1 nitrogen and oxygen atoms in total. The summed E-state index contributed by atoms with van der Waals surface area (Å²) in [6, 6.07) is 0. The van der Waals surface area contributed by atoms with E-state index in [1.807, 2.05) is 6.08 Å². The Morgan fingerprint density at radius 3 is 2.70 bits per heavy atom. The fraction of sp³-hybridized carbons (Fsp3) is 0.333. The fourth-order valence-electron chi connectivity index (χ4n) is 0.910. The van der Waals surface area contributed by atoms with E-state index in [2.05, 4.69) is 43.3 Å². The molecule has 0 fully saturated rings. The molecule has 0 N–H and O–H groups in total. The second-order valence-electron chi connectivity index (χ2n) is 2.67. The van der Waals surface area contributed by atoms with Crippen LogP contribution in [-0.2, 0) is 0 Å². The number of hydrogen-bond donors (Lipinski definition) is 0. The van der Waals surface area contributed by atoms with Gasteiger partial charge in [-0.1, -0.05) is 17.7 Å². The summed E-state index contributed by atoms with van der Waals surface area (Å²) in [5.74, 6) is 0. The number of rotatable bonds is 1. The first-order chi connectivity index (χ1) is 4.79. The molecule has 0 amide bonds. The van der Waals surface area contributed by atoms with Gasteiger partial charge in [-0.25, -0.2) is 0 Å². The third-order valence-electron chi connectivity index (χ3n) is 1.26. The molecule has 0 aromatic rings. The molecule has 0 saturated heterocycles. The molecule has 0 spiro atoms. The van der Waals surface area contributed by atoms with Crippen molar-refractivity contribution in [3.8, 4) is 0 Å². The van der Waals surface area contributed by atoms with Crippen LogP contribution in [0.15, 0.2) is 36.2 Å². The van der Waals surface area contributed by atoms with Gasteiger partial charge in [0.2, 0.25) is 0 Å². The molecule has 0 bridgehead atoms. The summed E-state index contributed by atoms with van der Waals surface area (Å²) >= 11 is 0. The molecule has 0 aromatic heterocycles. The predicted octanol–water partition coefficient (Wildman–Crippen LogP) is 2.30. The molecule has 1 aliphatic rings. The van der Waals surface area contributed by atoms with Crippen LogP contribution in [0.25, 0.3) is 0 Å². The lowest BCUT2D eigenvalue weighted by Crippen LogP contribution is -2.11. The van der Waals surface area contributed by atoms with Crippen LogP contribution in [0.2, 0.25) is 0 Å². The van der Waals surface area contributed by atoms with Crippen LogP contribution in [0.1, 0.15) is 13.8 Å². The zero-order chi connectivity index (χ0) is 7.40. The molecule has 0 aliphatic carbocycles. The van der Waals surface area contributed by atoms with Gasteiger partial charge in [-0.05, 0) is 19.9 Å². The number of hydrogen-bond acceptors (Lipinski definition) is 1. The van der Waals surface area contributed by atoms with Gasteiger partial charge < -0.3 is 4.90 Å². The normalized spacial score (nSPS) is 15.6. The van der Waals surface area contributed by atoms with E-state index in [-0.39, 0.29) is 0 Å². The zero-order valence-corrected chi connectivity index (χ0v) is 6.54. The quantitative estimate of drug-likeness (QED) is 0.533. The van der Waals surface area contributed by atoms with E-state index in [0.29, 0.717) is 0 Å². The van der Waals surface area contributed by atoms with Gasteiger partial charge in [-0.2, -0.15) is 0 Å². The van der Waals surface area contributed by atoms with Crippen molar-refractivity contribution in [2.75, 3.05) is 6.54 Å². The van der Waals surface area contributed by atoms with E-state index in [1.54, 1.807) is 0 Å². The molecule has 1 heteroatoms. The molecule has 0 aromatic carbocycles.